The van der Waals surface area contributed by atoms with Gasteiger partial charge in [-0.3, -0.25) is 10.2 Å². The highest BCUT2D eigenvalue weighted by molar-refractivity contribution is 6.30. The second kappa shape index (κ2) is 11.4. The van der Waals surface area contributed by atoms with Crippen LogP contribution in [0.25, 0.3) is 22.5 Å². The van der Waals surface area contributed by atoms with E-state index in [4.69, 9.17) is 15.1 Å². The molecule has 4 rings (SSSR count). The van der Waals surface area contributed by atoms with Crippen LogP contribution >= 0.6 is 0 Å². The predicted molar refractivity (Wildman–Crippen MR) is 129 cm³/mol. The fourth-order valence-corrected chi connectivity index (χ4v) is 3.97. The number of aromatic amines is 2. The van der Waals surface area contributed by atoms with Crippen LogP contribution in [0.3, 0.4) is 0 Å². The second-order valence-corrected chi connectivity index (χ2v) is 7.81. The van der Waals surface area contributed by atoms with Crippen LogP contribution in [0.4, 0.5) is 0 Å². The van der Waals surface area contributed by atoms with E-state index in [1.807, 2.05) is 24.5 Å². The molecule has 7 nitrogen and oxygen atoms in total. The number of nitrogens with one attached hydrogen (secondary N) is 2. The van der Waals surface area contributed by atoms with E-state index < -0.39 is 7.32 Å². The van der Waals surface area contributed by atoms with Gasteiger partial charge in [0, 0.05) is 23.5 Å². The summed E-state index contributed by atoms with van der Waals surface area (Å²) in [5, 5.41) is 35.6. The fraction of sp³-hybridized carbons (Fsp3) is 0.250. The molecule has 0 radical (unpaired) electrons. The van der Waals surface area contributed by atoms with Crippen molar-refractivity contribution in [2.75, 3.05) is 0 Å². The molecule has 5 N–H and O–H groups in total. The van der Waals surface area contributed by atoms with Crippen LogP contribution in [0.1, 0.15) is 33.4 Å². The van der Waals surface area contributed by atoms with Crippen molar-refractivity contribution < 1.29 is 15.1 Å². The van der Waals surface area contributed by atoms with E-state index in [2.05, 4.69) is 86.2 Å². The van der Waals surface area contributed by atoms with Crippen LogP contribution in [-0.4, -0.2) is 42.8 Å². The Kier molecular flexibility index (Phi) is 8.96. The van der Waals surface area contributed by atoms with Crippen LogP contribution in [0, 0.1) is 41.5 Å². The molecule has 8 heteroatoms. The summed E-state index contributed by atoms with van der Waals surface area (Å²) in [6.45, 7) is 12.8. The van der Waals surface area contributed by atoms with Crippen molar-refractivity contribution in [1.29, 1.82) is 0 Å². The summed E-state index contributed by atoms with van der Waals surface area (Å²) >= 11 is 0. The van der Waals surface area contributed by atoms with Crippen LogP contribution < -0.4 is 0 Å². The number of rotatable bonds is 2. The van der Waals surface area contributed by atoms with Crippen LogP contribution in [-0.2, 0) is 0 Å². The highest BCUT2D eigenvalue weighted by Gasteiger charge is 2.08. The normalized spacial score (nSPS) is 10.0. The monoisotopic (exact) mass is 434 g/mol. The van der Waals surface area contributed by atoms with Crippen LogP contribution in [0.2, 0.25) is 0 Å². The largest absolute Gasteiger partial charge is 0.631 e. The highest BCUT2D eigenvalue weighted by atomic mass is 16.5. The Balaban J connectivity index is 0.000000195. The average Bonchev–Trinajstić information content (AvgIpc) is 3.34. The Morgan fingerprint density at radius 3 is 1.09 bits per heavy atom. The Hall–Kier alpha value is -3.20. The predicted octanol–water partition coefficient (Wildman–Crippen LogP) is 3.95. The Labute approximate surface area is 189 Å². The zero-order valence-electron chi connectivity index (χ0n) is 19.4. The number of benzene rings is 2. The third kappa shape index (κ3) is 6.92. The molecule has 0 aliphatic heterocycles. The van der Waals surface area contributed by atoms with Gasteiger partial charge in [0.2, 0.25) is 0 Å². The molecular weight excluding hydrogens is 403 g/mol. The Morgan fingerprint density at radius 2 is 0.875 bits per heavy atom. The molecule has 0 saturated carbocycles. The smallest absolute Gasteiger partial charge is 0.402 e. The van der Waals surface area contributed by atoms with Crippen LogP contribution in [0.15, 0.2) is 48.8 Å². The second-order valence-electron chi connectivity index (χ2n) is 7.81. The first-order valence-electron chi connectivity index (χ1n) is 10.3. The molecule has 0 fully saturated rings. The van der Waals surface area contributed by atoms with Gasteiger partial charge in [0.15, 0.2) is 0 Å². The summed E-state index contributed by atoms with van der Waals surface area (Å²) in [4.78, 5) is 0. The number of hydrogen-bond donors (Lipinski definition) is 5. The zero-order valence-corrected chi connectivity index (χ0v) is 19.4. The van der Waals surface area contributed by atoms with Gasteiger partial charge in [-0.15, -0.1) is 0 Å². The van der Waals surface area contributed by atoms with E-state index in [1.54, 1.807) is 0 Å². The van der Waals surface area contributed by atoms with Crippen molar-refractivity contribution in [3.05, 3.63) is 82.2 Å². The fourth-order valence-electron chi connectivity index (χ4n) is 3.97. The minimum absolute atomic E-state index is 1.03. The summed E-state index contributed by atoms with van der Waals surface area (Å²) < 4.78 is 0. The van der Waals surface area contributed by atoms with Gasteiger partial charge in [-0.1, -0.05) is 35.4 Å². The van der Waals surface area contributed by atoms with Gasteiger partial charge in [-0.25, -0.2) is 0 Å². The van der Waals surface area contributed by atoms with Crippen molar-refractivity contribution in [3.8, 4) is 22.5 Å². The summed E-state index contributed by atoms with van der Waals surface area (Å²) in [5.74, 6) is 0. The first-order valence-corrected chi connectivity index (χ1v) is 10.3. The molecule has 4 aromatic rings. The third-order valence-corrected chi connectivity index (χ3v) is 4.87. The standard InChI is InChI=1S/2C12H14N2.BH3O3/c2*1-8-6-9(2)12(10(3)7-8)11-4-5-13-14-11;2-1(3)4/h2*4-7H,1-3H3,(H,13,14);2-4H. The lowest BCUT2D eigenvalue weighted by Crippen LogP contribution is -2.07. The van der Waals surface area contributed by atoms with E-state index in [1.165, 1.54) is 44.5 Å². The lowest BCUT2D eigenvalue weighted by molar-refractivity contribution is 0.278. The Bertz CT molecular complexity index is 988. The van der Waals surface area contributed by atoms with Crippen molar-refractivity contribution in [2.24, 2.45) is 0 Å². The van der Waals surface area contributed by atoms with Crippen molar-refractivity contribution in [2.45, 2.75) is 41.5 Å². The minimum Gasteiger partial charge on any atom is -0.402 e. The molecule has 0 amide bonds. The van der Waals surface area contributed by atoms with Crippen LogP contribution in [0.5, 0.6) is 0 Å². The molecule has 168 valence electrons. The quantitative estimate of drug-likeness (QED) is 0.306. The number of hydrogen-bond acceptors (Lipinski definition) is 5. The van der Waals surface area contributed by atoms with Gasteiger partial charge in [-0.2, -0.15) is 10.2 Å². The number of H-pyrrole nitrogens is 2. The highest BCUT2D eigenvalue weighted by Crippen LogP contribution is 2.27. The molecule has 2 heterocycles. The Morgan fingerprint density at radius 1 is 0.594 bits per heavy atom. The van der Waals surface area contributed by atoms with E-state index in [0.29, 0.717) is 0 Å². The number of aromatic nitrogens is 4. The van der Waals surface area contributed by atoms with Crippen molar-refractivity contribution in [3.63, 3.8) is 0 Å². The third-order valence-electron chi connectivity index (χ3n) is 4.87. The summed E-state index contributed by atoms with van der Waals surface area (Å²) in [6.07, 6.45) is 3.71. The molecule has 2 aromatic heterocycles. The van der Waals surface area contributed by atoms with Gasteiger partial charge >= 0.3 is 7.32 Å². The summed E-state index contributed by atoms with van der Waals surface area (Å²) in [5.41, 5.74) is 12.3. The molecule has 32 heavy (non-hydrogen) atoms. The molecule has 0 spiro atoms. The van der Waals surface area contributed by atoms with Crippen molar-refractivity contribution in [1.82, 2.24) is 20.4 Å². The molecule has 2 aromatic carbocycles. The maximum absolute atomic E-state index is 7.17. The molecule has 0 bridgehead atoms. The first-order chi connectivity index (χ1) is 15.1. The molecule has 0 aliphatic carbocycles. The first kappa shape index (κ1) is 25.1. The average molecular weight is 434 g/mol. The molecule has 0 unspecified atom stereocenters. The van der Waals surface area contributed by atoms with Gasteiger partial charge in [0.05, 0.1) is 11.4 Å². The molecule has 0 aliphatic rings. The van der Waals surface area contributed by atoms with E-state index in [9.17, 15) is 0 Å². The van der Waals surface area contributed by atoms with Gasteiger partial charge in [-0.05, 0) is 75.9 Å². The zero-order chi connectivity index (χ0) is 23.8. The SMILES string of the molecule is Cc1cc(C)c(-c2cc[nH]n2)c(C)c1.Cc1cc(C)c(-c2cc[nH]n2)c(C)c1.OB(O)O. The van der Waals surface area contributed by atoms with E-state index in [-0.39, 0.29) is 0 Å². The lowest BCUT2D eigenvalue weighted by atomic mass is 9.98. The minimum atomic E-state index is -2.17. The van der Waals surface area contributed by atoms with E-state index >= 15 is 0 Å². The molecule has 0 saturated heterocycles. The maximum Gasteiger partial charge on any atom is 0.631 e. The summed E-state index contributed by atoms with van der Waals surface area (Å²) in [6, 6.07) is 12.8. The maximum atomic E-state index is 7.17. The molecular formula is C24H31BN4O3. The number of aryl methyl sites for hydroxylation is 6. The molecule has 0 atom stereocenters. The van der Waals surface area contributed by atoms with Crippen molar-refractivity contribution >= 4 is 7.32 Å². The summed E-state index contributed by atoms with van der Waals surface area (Å²) in [7, 11) is -2.17. The van der Waals surface area contributed by atoms with Gasteiger partial charge in [0.1, 0.15) is 0 Å². The van der Waals surface area contributed by atoms with E-state index in [0.717, 1.165) is 11.4 Å². The van der Waals surface area contributed by atoms with Gasteiger partial charge < -0.3 is 15.1 Å². The number of nitrogens with zero attached hydrogens (tertiary/aromatic N) is 2. The topological polar surface area (TPSA) is 118 Å². The lowest BCUT2D eigenvalue weighted by Gasteiger charge is -2.08. The van der Waals surface area contributed by atoms with Gasteiger partial charge in [0.25, 0.3) is 0 Å².